The smallest absolute Gasteiger partial charge is 0.251 e. The Kier molecular flexibility index (Phi) is 6.18. The summed E-state index contributed by atoms with van der Waals surface area (Å²) >= 11 is 0. The molecule has 138 valence electrons. The highest BCUT2D eigenvalue weighted by Crippen LogP contribution is 2.18. The van der Waals surface area contributed by atoms with E-state index in [2.05, 4.69) is 5.32 Å². The van der Waals surface area contributed by atoms with Crippen LogP contribution in [0.4, 0.5) is 0 Å². The van der Waals surface area contributed by atoms with Crippen LogP contribution in [0, 0.1) is 0 Å². The molecule has 25 heavy (non-hydrogen) atoms. The van der Waals surface area contributed by atoms with Crippen molar-refractivity contribution in [1.82, 2.24) is 10.2 Å². The van der Waals surface area contributed by atoms with Gasteiger partial charge in [0.05, 0.1) is 4.90 Å². The maximum Gasteiger partial charge on any atom is 0.251 e. The Labute approximate surface area is 148 Å². The van der Waals surface area contributed by atoms with Gasteiger partial charge in [-0.3, -0.25) is 9.59 Å². The summed E-state index contributed by atoms with van der Waals surface area (Å²) in [4.78, 5) is 25.2. The number of hydrogen-bond acceptors (Lipinski definition) is 5. The Morgan fingerprint density at radius 2 is 1.68 bits per heavy atom. The summed E-state index contributed by atoms with van der Waals surface area (Å²) < 4.78 is 24.4. The highest BCUT2D eigenvalue weighted by atomic mass is 32.2. The fraction of sp³-hybridized carbons (Fsp3) is 0.529. The first-order valence-electron chi connectivity index (χ1n) is 8.28. The van der Waals surface area contributed by atoms with Crippen molar-refractivity contribution >= 4 is 21.7 Å². The molecule has 1 aromatic carbocycles. The highest BCUT2D eigenvalue weighted by molar-refractivity contribution is 7.92. The summed E-state index contributed by atoms with van der Waals surface area (Å²) in [7, 11) is -0.710. The molecule has 0 spiro atoms. The van der Waals surface area contributed by atoms with Crippen LogP contribution in [0.25, 0.3) is 0 Å². The van der Waals surface area contributed by atoms with Crippen LogP contribution in [0.15, 0.2) is 29.2 Å². The van der Waals surface area contributed by atoms with Crippen LogP contribution in [0.5, 0.6) is 0 Å². The number of amides is 2. The average Bonchev–Trinajstić information content (AvgIpc) is 2.56. The van der Waals surface area contributed by atoms with Crippen LogP contribution in [-0.4, -0.2) is 57.1 Å². The molecule has 1 saturated carbocycles. The normalized spacial score (nSPS) is 20.8. The molecule has 2 rings (SSSR count). The van der Waals surface area contributed by atoms with E-state index in [1.54, 1.807) is 0 Å². The number of nitrogens with one attached hydrogen (secondary N) is 1. The first-order valence-corrected chi connectivity index (χ1v) is 9.93. The third-order valence-electron chi connectivity index (χ3n) is 4.39. The van der Waals surface area contributed by atoms with Gasteiger partial charge in [0.2, 0.25) is 5.91 Å². The van der Waals surface area contributed by atoms with E-state index in [9.17, 15) is 18.0 Å². The Hall–Kier alpha value is -1.93. The standard InChI is InChI=1S/C17H25N3O4S/c1-20(2)16(21)11-25(23,24)15-9-3-12(4-10-15)17(22)19-14-7-5-13(18)6-8-14/h3-4,9-10,13-14H,5-8,11,18H2,1-2H3,(H,19,22). The van der Waals surface area contributed by atoms with Gasteiger partial charge in [-0.2, -0.15) is 0 Å². The summed E-state index contributed by atoms with van der Waals surface area (Å²) in [5.41, 5.74) is 6.25. The van der Waals surface area contributed by atoms with E-state index >= 15 is 0 Å². The minimum Gasteiger partial charge on any atom is -0.349 e. The second kappa shape index (κ2) is 7.97. The summed E-state index contributed by atoms with van der Waals surface area (Å²) in [6.07, 6.45) is 3.49. The molecule has 0 unspecified atom stereocenters. The van der Waals surface area contributed by atoms with E-state index in [0.717, 1.165) is 25.7 Å². The summed E-state index contributed by atoms with van der Waals surface area (Å²) in [6.45, 7) is 0. The molecule has 8 heteroatoms. The predicted octanol–water partition coefficient (Wildman–Crippen LogP) is 0.548. The number of sulfone groups is 1. The molecule has 0 atom stereocenters. The van der Waals surface area contributed by atoms with Crippen molar-refractivity contribution in [2.45, 2.75) is 42.7 Å². The van der Waals surface area contributed by atoms with Crippen LogP contribution in [0.1, 0.15) is 36.0 Å². The third kappa shape index (κ3) is 5.27. The van der Waals surface area contributed by atoms with Crippen molar-refractivity contribution < 1.29 is 18.0 Å². The Balaban J connectivity index is 2.01. The summed E-state index contributed by atoms with van der Waals surface area (Å²) in [5, 5.41) is 2.96. The second-order valence-electron chi connectivity index (χ2n) is 6.66. The first-order chi connectivity index (χ1) is 11.7. The van der Waals surface area contributed by atoms with E-state index < -0.39 is 21.5 Å². The first kappa shape index (κ1) is 19.4. The zero-order chi connectivity index (χ0) is 18.6. The number of carbonyl (C=O) groups excluding carboxylic acids is 2. The van der Waals surface area contributed by atoms with E-state index in [1.165, 1.54) is 43.3 Å². The van der Waals surface area contributed by atoms with Crippen molar-refractivity contribution in [1.29, 1.82) is 0 Å². The quantitative estimate of drug-likeness (QED) is 0.790. The molecule has 0 bridgehead atoms. The molecule has 1 aliphatic rings. The Bertz CT molecular complexity index is 721. The molecule has 0 saturated heterocycles. The van der Waals surface area contributed by atoms with Gasteiger partial charge < -0.3 is 16.0 Å². The number of rotatable bonds is 5. The molecule has 7 nitrogen and oxygen atoms in total. The van der Waals surface area contributed by atoms with Crippen LogP contribution in [0.2, 0.25) is 0 Å². The average molecular weight is 367 g/mol. The van der Waals surface area contributed by atoms with Crippen LogP contribution in [-0.2, 0) is 14.6 Å². The van der Waals surface area contributed by atoms with Crippen molar-refractivity contribution in [3.63, 3.8) is 0 Å². The molecule has 2 amide bonds. The van der Waals surface area contributed by atoms with E-state index in [-0.39, 0.29) is 22.9 Å². The SMILES string of the molecule is CN(C)C(=O)CS(=O)(=O)c1ccc(C(=O)NC2CCC(N)CC2)cc1. The van der Waals surface area contributed by atoms with E-state index in [4.69, 9.17) is 5.73 Å². The van der Waals surface area contributed by atoms with Gasteiger partial charge in [-0.15, -0.1) is 0 Å². The van der Waals surface area contributed by atoms with Gasteiger partial charge in [-0.05, 0) is 49.9 Å². The van der Waals surface area contributed by atoms with Gasteiger partial charge in [0, 0.05) is 31.7 Å². The van der Waals surface area contributed by atoms with Crippen molar-refractivity contribution in [2.24, 2.45) is 5.73 Å². The number of nitrogens with zero attached hydrogens (tertiary/aromatic N) is 1. The molecule has 0 aromatic heterocycles. The monoisotopic (exact) mass is 367 g/mol. The van der Waals surface area contributed by atoms with Crippen LogP contribution < -0.4 is 11.1 Å². The van der Waals surface area contributed by atoms with Gasteiger partial charge in [0.1, 0.15) is 5.75 Å². The van der Waals surface area contributed by atoms with Crippen molar-refractivity contribution in [3.8, 4) is 0 Å². The molecule has 1 aliphatic carbocycles. The summed E-state index contributed by atoms with van der Waals surface area (Å²) in [5.74, 6) is -1.31. The van der Waals surface area contributed by atoms with E-state index in [1.807, 2.05) is 0 Å². The maximum absolute atomic E-state index is 12.3. The number of hydrogen-bond donors (Lipinski definition) is 2. The molecule has 0 radical (unpaired) electrons. The molecule has 1 aromatic rings. The second-order valence-corrected chi connectivity index (χ2v) is 8.65. The van der Waals surface area contributed by atoms with Crippen LogP contribution >= 0.6 is 0 Å². The minimum absolute atomic E-state index is 0.0305. The zero-order valence-corrected chi connectivity index (χ0v) is 15.4. The highest BCUT2D eigenvalue weighted by Gasteiger charge is 2.22. The maximum atomic E-state index is 12.3. The van der Waals surface area contributed by atoms with Crippen molar-refractivity contribution in [2.75, 3.05) is 19.8 Å². The van der Waals surface area contributed by atoms with Gasteiger partial charge in [-0.25, -0.2) is 8.42 Å². The third-order valence-corrected chi connectivity index (χ3v) is 6.01. The summed E-state index contributed by atoms with van der Waals surface area (Å²) in [6, 6.07) is 5.98. The molecule has 0 heterocycles. The lowest BCUT2D eigenvalue weighted by molar-refractivity contribution is -0.125. The molecule has 3 N–H and O–H groups in total. The Morgan fingerprint density at radius 3 is 2.20 bits per heavy atom. The molecular weight excluding hydrogens is 342 g/mol. The minimum atomic E-state index is -3.72. The lowest BCUT2D eigenvalue weighted by atomic mass is 9.91. The predicted molar refractivity (Wildman–Crippen MR) is 94.9 cm³/mol. The molecule has 1 fully saturated rings. The zero-order valence-electron chi connectivity index (χ0n) is 14.6. The number of benzene rings is 1. The Morgan fingerprint density at radius 1 is 1.12 bits per heavy atom. The van der Waals surface area contributed by atoms with Gasteiger partial charge in [-0.1, -0.05) is 0 Å². The van der Waals surface area contributed by atoms with Crippen molar-refractivity contribution in [3.05, 3.63) is 29.8 Å². The molecular formula is C17H25N3O4S. The number of nitrogens with two attached hydrogens (primary N) is 1. The van der Waals surface area contributed by atoms with E-state index in [0.29, 0.717) is 5.56 Å². The van der Waals surface area contributed by atoms with Gasteiger partial charge in [0.15, 0.2) is 9.84 Å². The lowest BCUT2D eigenvalue weighted by Crippen LogP contribution is -2.40. The van der Waals surface area contributed by atoms with Crippen LogP contribution in [0.3, 0.4) is 0 Å². The molecule has 0 aliphatic heterocycles. The van der Waals surface area contributed by atoms with Gasteiger partial charge in [0.25, 0.3) is 5.91 Å². The lowest BCUT2D eigenvalue weighted by Gasteiger charge is -2.26. The fourth-order valence-corrected chi connectivity index (χ4v) is 4.02. The largest absolute Gasteiger partial charge is 0.349 e. The number of carbonyl (C=O) groups is 2. The van der Waals surface area contributed by atoms with Gasteiger partial charge >= 0.3 is 0 Å². The topological polar surface area (TPSA) is 110 Å². The fourth-order valence-electron chi connectivity index (χ4n) is 2.72.